The van der Waals surface area contributed by atoms with E-state index < -0.39 is 14.8 Å². The average molecular weight is 1630 g/mol. The molecule has 12 heteroatoms. The van der Waals surface area contributed by atoms with E-state index in [1.165, 1.54) is 105 Å². The van der Waals surface area contributed by atoms with Crippen LogP contribution in [0.15, 0.2) is 411 Å². The molecule has 115 heavy (non-hydrogen) atoms. The van der Waals surface area contributed by atoms with Crippen LogP contribution in [0.3, 0.4) is 0 Å². The fourth-order valence-corrected chi connectivity index (χ4v) is 15.6. The summed E-state index contributed by atoms with van der Waals surface area (Å²) in [6.45, 7) is 0. The Morgan fingerprint density at radius 2 is 0.626 bits per heavy atom. The van der Waals surface area contributed by atoms with Gasteiger partial charge in [-0.25, -0.2) is 4.98 Å². The van der Waals surface area contributed by atoms with Crippen molar-refractivity contribution in [2.24, 2.45) is 0 Å². The van der Waals surface area contributed by atoms with E-state index in [4.69, 9.17) is 45.8 Å². The summed E-state index contributed by atoms with van der Waals surface area (Å²) in [6, 6.07) is 132. The SMILES string of the molecule is Brc1ccc2ccccc2c1.C1=C(c2ccccc2)c2ccc3c(-c4ccccc4)ccnc3c2NC1c1ccc2ccccc2c1.ClCCl.[O]=[Mn]=[O].c1ccc(-c2ccnc3c2ccc2c(-c4ccccc4)cc(-c4ccc5ccccc5c4)nc23)cc1.c1ccc(-c2ccnc3c2ccc2c(-c4ccccc4)ccnc23)cc1. The van der Waals surface area contributed by atoms with Crippen LogP contribution >= 0.6 is 39.1 Å². The number of nitrogens with one attached hydrogen (secondary N) is 1. The number of halogens is 3. The second-order valence-corrected chi connectivity index (χ2v) is 29.2. The summed E-state index contributed by atoms with van der Waals surface area (Å²) in [6.07, 6.45) is 9.94. The van der Waals surface area contributed by atoms with Crippen LogP contribution in [-0.2, 0) is 22.5 Å². The molecule has 553 valence electrons. The van der Waals surface area contributed by atoms with Gasteiger partial charge in [0.05, 0.1) is 50.3 Å². The molecule has 0 bridgehead atoms. The molecule has 8 nitrogen and oxygen atoms in total. The molecule has 0 spiro atoms. The smallest absolute Gasteiger partial charge is 0.0978 e. The van der Waals surface area contributed by atoms with E-state index in [9.17, 15) is 0 Å². The molecule has 1 aliphatic rings. The molecule has 15 aromatic carbocycles. The normalized spacial score (nSPS) is 11.9. The topological polar surface area (TPSA) is 111 Å². The number of aromatic nitrogens is 5. The first-order chi connectivity index (χ1) is 56.8. The molecule has 6 heterocycles. The summed E-state index contributed by atoms with van der Waals surface area (Å²) in [4.78, 5) is 24.3. The van der Waals surface area contributed by atoms with Gasteiger partial charge in [-0.3, -0.25) is 19.9 Å². The Bertz CT molecular complexity index is 6830. The third-order valence-electron chi connectivity index (χ3n) is 20.5. The number of fused-ring (bicyclic) bond motifs is 12. The van der Waals surface area contributed by atoms with Crippen LogP contribution in [0.25, 0.3) is 159 Å². The Labute approximate surface area is 690 Å². The van der Waals surface area contributed by atoms with Crippen LogP contribution in [-0.4, -0.2) is 30.3 Å². The zero-order valence-electron chi connectivity index (χ0n) is 62.0. The van der Waals surface area contributed by atoms with E-state index >= 15 is 0 Å². The molecule has 1 aliphatic heterocycles. The predicted octanol–water partition coefficient (Wildman–Crippen LogP) is 28.5. The van der Waals surface area contributed by atoms with Crippen LogP contribution in [0.1, 0.15) is 22.7 Å². The Kier molecular flexibility index (Phi) is 23.8. The minimum Gasteiger partial charge on any atom is -0.254 e. The Morgan fingerprint density at radius 3 is 1.07 bits per heavy atom. The monoisotopic (exact) mass is 1630 g/mol. The number of nitrogens with zero attached hydrogens (tertiary/aromatic N) is 5. The second-order valence-electron chi connectivity index (χ2n) is 27.3. The molecular weight excluding hydrogens is 1560 g/mol. The van der Waals surface area contributed by atoms with Crippen LogP contribution in [0.2, 0.25) is 0 Å². The molecule has 0 aliphatic carbocycles. The van der Waals surface area contributed by atoms with E-state index in [0.717, 1.165) is 81.5 Å². The first-order valence-electron chi connectivity index (χ1n) is 37.6. The third kappa shape index (κ3) is 16.8. The van der Waals surface area contributed by atoms with Gasteiger partial charge in [-0.15, -0.1) is 23.2 Å². The van der Waals surface area contributed by atoms with Crippen molar-refractivity contribution >= 4 is 137 Å². The molecule has 5 aromatic heterocycles. The zero-order valence-corrected chi connectivity index (χ0v) is 66.3. The number of hydrogen-bond donors (Lipinski definition) is 1. The molecule has 0 fully saturated rings. The molecule has 1 N–H and O–H groups in total. The number of rotatable bonds is 8. The minimum atomic E-state index is -1.44. The van der Waals surface area contributed by atoms with Gasteiger partial charge in [-0.05, 0) is 165 Å². The van der Waals surface area contributed by atoms with Crippen molar-refractivity contribution in [2.45, 2.75) is 6.04 Å². The molecule has 0 saturated carbocycles. The van der Waals surface area contributed by atoms with Crippen molar-refractivity contribution in [2.75, 3.05) is 10.7 Å². The zero-order chi connectivity index (χ0) is 78.2. The summed E-state index contributed by atoms with van der Waals surface area (Å²) in [7, 11) is 0. The van der Waals surface area contributed by atoms with Crippen molar-refractivity contribution in [3.63, 3.8) is 0 Å². The Hall–Kier alpha value is -13.2. The summed E-state index contributed by atoms with van der Waals surface area (Å²) >= 11 is 11.5. The molecule has 0 radical (unpaired) electrons. The van der Waals surface area contributed by atoms with Crippen LogP contribution in [0, 0.1) is 0 Å². The number of anilines is 1. The Balaban J connectivity index is 0.000000119. The van der Waals surface area contributed by atoms with E-state index in [1.54, 1.807) is 0 Å². The number of pyridine rings is 5. The van der Waals surface area contributed by atoms with Gasteiger partial charge in [0.2, 0.25) is 0 Å². The average Bonchev–Trinajstić information content (AvgIpc) is 0.752. The molecule has 0 saturated heterocycles. The van der Waals surface area contributed by atoms with Gasteiger partial charge in [0, 0.05) is 67.3 Å². The van der Waals surface area contributed by atoms with Gasteiger partial charge in [-0.2, -0.15) is 0 Å². The van der Waals surface area contributed by atoms with E-state index in [0.29, 0.717) is 0 Å². The van der Waals surface area contributed by atoms with E-state index in [1.807, 2.05) is 43.0 Å². The van der Waals surface area contributed by atoms with Crippen LogP contribution in [0.5, 0.6) is 0 Å². The number of hydrogen-bond acceptors (Lipinski definition) is 8. The van der Waals surface area contributed by atoms with Gasteiger partial charge >= 0.3 is 22.5 Å². The second kappa shape index (κ2) is 36.1. The largest absolute Gasteiger partial charge is 0.254 e. The summed E-state index contributed by atoms with van der Waals surface area (Å²) in [5.41, 5.74) is 24.6. The first-order valence-corrected chi connectivity index (χ1v) is 40.4. The number of benzene rings is 15. The van der Waals surface area contributed by atoms with Crippen molar-refractivity contribution in [1.82, 2.24) is 24.9 Å². The van der Waals surface area contributed by atoms with Gasteiger partial charge in [-0.1, -0.05) is 337 Å². The van der Waals surface area contributed by atoms with E-state index in [2.05, 4.69) is 395 Å². The fraction of sp³-hybridized carbons (Fsp3) is 0.0194. The quantitative estimate of drug-likeness (QED) is 0.0910. The minimum absolute atomic E-state index is 0.0325. The molecule has 0 amide bonds. The standard InChI is InChI=1S/C34H24N2.C34H22N2.C24H16N2.C10H7Br.CH2Cl2.Mn.2O/c2*1-3-10-24(11-4-1)28-19-20-35-33-29(28)17-18-30-31(25-12-5-2-6-13-25)22-32(36-34(30)33)27-16-15-23-9-7-8-14-26(23)21-27;1-3-7-17(8-4-1)19-13-15-25-23-21(19)11-12-22-20(14-16-26-24(22)23)18-9-5-2-6-10-18;11-10-6-5-8-3-1-2-4-9(8)7-10;2-1-3;;;/h1-22,32,36H;1-22H;1-16H;1-7H;1H2;;;. The summed E-state index contributed by atoms with van der Waals surface area (Å²) in [5.74, 6) is 0. The molecule has 1 unspecified atom stereocenters. The molecule has 20 aromatic rings. The fourth-order valence-electron chi connectivity index (χ4n) is 15.2. The van der Waals surface area contributed by atoms with Gasteiger partial charge in [0.1, 0.15) is 0 Å². The summed E-state index contributed by atoms with van der Waals surface area (Å²) < 4.78 is 17.9. The van der Waals surface area contributed by atoms with Gasteiger partial charge in [0.15, 0.2) is 0 Å². The van der Waals surface area contributed by atoms with E-state index in [-0.39, 0.29) is 11.4 Å². The van der Waals surface area contributed by atoms with Crippen molar-refractivity contribution in [3.05, 3.63) is 428 Å². The predicted molar refractivity (Wildman–Crippen MR) is 479 cm³/mol. The first kappa shape index (κ1) is 75.9. The van der Waals surface area contributed by atoms with Crippen molar-refractivity contribution in [3.8, 4) is 66.9 Å². The summed E-state index contributed by atoms with van der Waals surface area (Å²) in [5, 5.41) is 17.2. The van der Waals surface area contributed by atoms with Gasteiger partial charge < -0.3 is 5.32 Å². The van der Waals surface area contributed by atoms with Gasteiger partial charge in [0.25, 0.3) is 0 Å². The molecular formula is C103H71BrCl2MnN6O2. The van der Waals surface area contributed by atoms with Crippen LogP contribution in [0.4, 0.5) is 5.69 Å². The molecule has 1 atom stereocenters. The van der Waals surface area contributed by atoms with Crippen molar-refractivity contribution in [1.29, 1.82) is 0 Å². The van der Waals surface area contributed by atoms with Crippen LogP contribution < -0.4 is 5.32 Å². The molecule has 21 rings (SSSR count). The van der Waals surface area contributed by atoms with Crippen molar-refractivity contribution < 1.29 is 22.5 Å². The number of alkyl halides is 2. The maximum Gasteiger partial charge on any atom is 0.0978 e. The third-order valence-corrected chi connectivity index (χ3v) is 21.0. The maximum atomic E-state index is 8.41. The Morgan fingerprint density at radius 1 is 0.296 bits per heavy atom. The maximum absolute atomic E-state index is 8.41.